The van der Waals surface area contributed by atoms with E-state index in [0.29, 0.717) is 0 Å². The lowest BCUT2D eigenvalue weighted by atomic mass is 9.97. The Morgan fingerprint density at radius 2 is 1.74 bits per heavy atom. The van der Waals surface area contributed by atoms with Crippen molar-refractivity contribution < 1.29 is 9.84 Å². The third-order valence-electron chi connectivity index (χ3n) is 3.80. The Hall–Kier alpha value is -2.59. The second-order valence-corrected chi connectivity index (χ2v) is 5.67. The van der Waals surface area contributed by atoms with E-state index in [-0.39, 0.29) is 5.92 Å². The monoisotopic (exact) mass is 308 g/mol. The minimum atomic E-state index is -0.525. The van der Waals surface area contributed by atoms with Gasteiger partial charge in [-0.2, -0.15) is 0 Å². The third-order valence-corrected chi connectivity index (χ3v) is 3.80. The summed E-state index contributed by atoms with van der Waals surface area (Å²) in [5.74, 6) is 1.65. The molecule has 1 N–H and O–H groups in total. The number of aromatic nitrogens is 2. The highest BCUT2D eigenvalue weighted by atomic mass is 16.5. The van der Waals surface area contributed by atoms with Gasteiger partial charge in [-0.05, 0) is 29.8 Å². The molecule has 1 aromatic heterocycles. The van der Waals surface area contributed by atoms with E-state index in [1.807, 2.05) is 72.3 Å². The van der Waals surface area contributed by atoms with E-state index in [1.165, 1.54) is 0 Å². The Labute approximate surface area is 136 Å². The zero-order valence-corrected chi connectivity index (χ0v) is 13.0. The maximum absolute atomic E-state index is 10.5. The van der Waals surface area contributed by atoms with Crippen LogP contribution in [0.2, 0.25) is 0 Å². The maximum Gasteiger partial charge on any atom is 0.127 e. The summed E-state index contributed by atoms with van der Waals surface area (Å²) in [7, 11) is 0. The van der Waals surface area contributed by atoms with Gasteiger partial charge in [-0.3, -0.25) is 0 Å². The normalized spacial score (nSPS) is 13.5. The number of para-hydroxylation sites is 1. The van der Waals surface area contributed by atoms with Crippen molar-refractivity contribution in [2.45, 2.75) is 19.6 Å². The van der Waals surface area contributed by atoms with Crippen LogP contribution in [0.15, 0.2) is 73.3 Å². The van der Waals surface area contributed by atoms with Crippen LogP contribution in [0.5, 0.6) is 11.5 Å². The highest BCUT2D eigenvalue weighted by Crippen LogP contribution is 2.27. The molecule has 3 aromatic rings. The average molecular weight is 308 g/mol. The molecule has 3 rings (SSSR count). The molecule has 0 spiro atoms. The van der Waals surface area contributed by atoms with Crippen LogP contribution >= 0.6 is 0 Å². The summed E-state index contributed by atoms with van der Waals surface area (Å²) in [6.07, 6.45) is 4.89. The van der Waals surface area contributed by atoms with Crippen molar-refractivity contribution in [2.24, 2.45) is 5.92 Å². The number of nitrogens with zero attached hydrogens (tertiary/aromatic N) is 2. The molecule has 2 unspecified atom stereocenters. The Morgan fingerprint density at radius 3 is 2.39 bits per heavy atom. The van der Waals surface area contributed by atoms with Crippen molar-refractivity contribution in [3.05, 3.63) is 78.9 Å². The molecule has 4 heteroatoms. The Bertz CT molecular complexity index is 709. The lowest BCUT2D eigenvalue weighted by molar-refractivity contribution is 0.107. The van der Waals surface area contributed by atoms with E-state index < -0.39 is 6.10 Å². The van der Waals surface area contributed by atoms with Crippen LogP contribution in [-0.4, -0.2) is 14.7 Å². The zero-order valence-electron chi connectivity index (χ0n) is 13.0. The van der Waals surface area contributed by atoms with Gasteiger partial charge in [0.05, 0.1) is 12.4 Å². The summed E-state index contributed by atoms with van der Waals surface area (Å²) in [5.41, 5.74) is 0.887. The third kappa shape index (κ3) is 3.99. The number of ether oxygens (including phenoxy) is 1. The molecule has 2 aromatic carbocycles. The van der Waals surface area contributed by atoms with Gasteiger partial charge in [-0.25, -0.2) is 4.98 Å². The Morgan fingerprint density at radius 1 is 1.04 bits per heavy atom. The van der Waals surface area contributed by atoms with E-state index in [0.717, 1.165) is 23.6 Å². The quantitative estimate of drug-likeness (QED) is 0.747. The largest absolute Gasteiger partial charge is 0.457 e. The number of benzene rings is 2. The molecular weight excluding hydrogens is 288 g/mol. The molecule has 118 valence electrons. The van der Waals surface area contributed by atoms with Gasteiger partial charge in [-0.15, -0.1) is 0 Å². The number of aliphatic hydroxyl groups excluding tert-OH is 1. The van der Waals surface area contributed by atoms with Gasteiger partial charge in [0.1, 0.15) is 11.5 Å². The van der Waals surface area contributed by atoms with Crippen molar-refractivity contribution in [2.75, 3.05) is 0 Å². The number of imidazole rings is 1. The molecule has 0 aliphatic rings. The molecule has 0 amide bonds. The van der Waals surface area contributed by atoms with Crippen LogP contribution in [0.1, 0.15) is 18.6 Å². The minimum absolute atomic E-state index is 0.0880. The van der Waals surface area contributed by atoms with Crippen LogP contribution in [0.25, 0.3) is 0 Å². The first kappa shape index (κ1) is 15.3. The molecule has 23 heavy (non-hydrogen) atoms. The lowest BCUT2D eigenvalue weighted by Crippen LogP contribution is -2.15. The summed E-state index contributed by atoms with van der Waals surface area (Å²) in [5, 5.41) is 10.5. The smallest absolute Gasteiger partial charge is 0.127 e. The molecule has 1 heterocycles. The first-order valence-electron chi connectivity index (χ1n) is 7.69. The fourth-order valence-corrected chi connectivity index (χ4v) is 2.51. The SMILES string of the molecule is CC(Cn1ccnc1)C(O)c1ccc(Oc2ccccc2)cc1. The average Bonchev–Trinajstić information content (AvgIpc) is 3.09. The van der Waals surface area contributed by atoms with Gasteiger partial charge >= 0.3 is 0 Å². The summed E-state index contributed by atoms with van der Waals surface area (Å²) in [6, 6.07) is 17.2. The van der Waals surface area contributed by atoms with Crippen LogP contribution < -0.4 is 4.74 Å². The second kappa shape index (κ2) is 7.11. The van der Waals surface area contributed by atoms with E-state index in [4.69, 9.17) is 4.74 Å². The van der Waals surface area contributed by atoms with Gasteiger partial charge < -0.3 is 14.4 Å². The summed E-state index contributed by atoms with van der Waals surface area (Å²) >= 11 is 0. The lowest BCUT2D eigenvalue weighted by Gasteiger charge is -2.20. The second-order valence-electron chi connectivity index (χ2n) is 5.67. The molecular formula is C19H20N2O2. The van der Waals surface area contributed by atoms with Gasteiger partial charge in [0, 0.05) is 24.9 Å². The van der Waals surface area contributed by atoms with Gasteiger partial charge in [-0.1, -0.05) is 37.3 Å². The first-order chi connectivity index (χ1) is 11.2. The van der Waals surface area contributed by atoms with Crippen molar-refractivity contribution in [3.63, 3.8) is 0 Å². The van der Waals surface area contributed by atoms with E-state index in [1.54, 1.807) is 12.5 Å². The first-order valence-corrected chi connectivity index (χ1v) is 7.69. The number of rotatable bonds is 6. The summed E-state index contributed by atoms with van der Waals surface area (Å²) < 4.78 is 7.74. The van der Waals surface area contributed by atoms with Crippen molar-refractivity contribution in [1.82, 2.24) is 9.55 Å². The van der Waals surface area contributed by atoms with Crippen LogP contribution in [0.3, 0.4) is 0 Å². The fourth-order valence-electron chi connectivity index (χ4n) is 2.51. The standard InChI is InChI=1S/C19H20N2O2/c1-15(13-21-12-11-20-14-21)19(22)16-7-9-18(10-8-16)23-17-5-3-2-4-6-17/h2-12,14-15,19,22H,13H2,1H3. The number of hydrogen-bond acceptors (Lipinski definition) is 3. The van der Waals surface area contributed by atoms with E-state index in [9.17, 15) is 5.11 Å². The molecule has 0 aliphatic carbocycles. The van der Waals surface area contributed by atoms with Gasteiger partial charge in [0.25, 0.3) is 0 Å². The predicted octanol–water partition coefficient (Wildman–Crippen LogP) is 4.05. The van der Waals surface area contributed by atoms with Crippen LogP contribution in [-0.2, 0) is 6.54 Å². The molecule has 0 radical (unpaired) electrons. The molecule has 4 nitrogen and oxygen atoms in total. The molecule has 0 bridgehead atoms. The van der Waals surface area contributed by atoms with Crippen LogP contribution in [0.4, 0.5) is 0 Å². The molecule has 2 atom stereocenters. The molecule has 0 saturated heterocycles. The number of hydrogen-bond donors (Lipinski definition) is 1. The number of aliphatic hydroxyl groups is 1. The van der Waals surface area contributed by atoms with E-state index >= 15 is 0 Å². The Balaban J connectivity index is 1.64. The van der Waals surface area contributed by atoms with Crippen molar-refractivity contribution >= 4 is 0 Å². The summed E-state index contributed by atoms with van der Waals surface area (Å²) in [6.45, 7) is 2.75. The van der Waals surface area contributed by atoms with Gasteiger partial charge in [0.15, 0.2) is 0 Å². The highest BCUT2D eigenvalue weighted by molar-refractivity contribution is 5.33. The fraction of sp³-hybridized carbons (Fsp3) is 0.211. The molecule has 0 fully saturated rings. The van der Waals surface area contributed by atoms with Crippen molar-refractivity contribution in [1.29, 1.82) is 0 Å². The topological polar surface area (TPSA) is 47.3 Å². The molecule has 0 aliphatic heterocycles. The predicted molar refractivity (Wildman–Crippen MR) is 89.3 cm³/mol. The minimum Gasteiger partial charge on any atom is -0.457 e. The maximum atomic E-state index is 10.5. The molecule has 0 saturated carbocycles. The summed E-state index contributed by atoms with van der Waals surface area (Å²) in [4.78, 5) is 4.02. The zero-order chi connectivity index (χ0) is 16.1. The Kier molecular flexibility index (Phi) is 4.74. The highest BCUT2D eigenvalue weighted by Gasteiger charge is 2.16. The van der Waals surface area contributed by atoms with E-state index in [2.05, 4.69) is 4.98 Å². The van der Waals surface area contributed by atoms with Gasteiger partial charge in [0.2, 0.25) is 0 Å². The van der Waals surface area contributed by atoms with Crippen molar-refractivity contribution in [3.8, 4) is 11.5 Å². The van der Waals surface area contributed by atoms with Crippen LogP contribution in [0, 0.1) is 5.92 Å².